The second-order valence-corrected chi connectivity index (χ2v) is 5.72. The van der Waals surface area contributed by atoms with E-state index >= 15 is 0 Å². The van der Waals surface area contributed by atoms with Gasteiger partial charge < -0.3 is 5.32 Å². The summed E-state index contributed by atoms with van der Waals surface area (Å²) in [6, 6.07) is 2.91. The standard InChI is InChI=1S/C11H15N5O2S/c1-8-10(7-16(3)14-8)15-19(17,18)9-4-5-13-11(6-9)12-2/h4-7,15H,1-3H3,(H,12,13). The highest BCUT2D eigenvalue weighted by atomic mass is 32.2. The Bertz CT molecular complexity index is 693. The molecule has 0 aromatic carbocycles. The Labute approximate surface area is 111 Å². The van der Waals surface area contributed by atoms with Crippen molar-refractivity contribution in [1.82, 2.24) is 14.8 Å². The molecular weight excluding hydrogens is 266 g/mol. The molecule has 102 valence electrons. The highest BCUT2D eigenvalue weighted by Crippen LogP contribution is 2.19. The van der Waals surface area contributed by atoms with Gasteiger partial charge in [0.05, 0.1) is 16.3 Å². The maximum Gasteiger partial charge on any atom is 0.262 e. The fourth-order valence-electron chi connectivity index (χ4n) is 1.62. The van der Waals surface area contributed by atoms with Gasteiger partial charge in [-0.3, -0.25) is 9.40 Å². The lowest BCUT2D eigenvalue weighted by molar-refractivity contribution is 0.601. The predicted octanol–water partition coefficient (Wildman–Crippen LogP) is 0.966. The number of hydrogen-bond donors (Lipinski definition) is 2. The quantitative estimate of drug-likeness (QED) is 0.871. The van der Waals surface area contributed by atoms with E-state index in [4.69, 9.17) is 0 Å². The van der Waals surface area contributed by atoms with Crippen LogP contribution in [0.5, 0.6) is 0 Å². The largest absolute Gasteiger partial charge is 0.373 e. The van der Waals surface area contributed by atoms with Gasteiger partial charge in [-0.2, -0.15) is 5.10 Å². The molecule has 0 aliphatic rings. The summed E-state index contributed by atoms with van der Waals surface area (Å²) >= 11 is 0. The van der Waals surface area contributed by atoms with Crippen LogP contribution in [0, 0.1) is 6.92 Å². The zero-order chi connectivity index (χ0) is 14.0. The maximum absolute atomic E-state index is 12.2. The monoisotopic (exact) mass is 281 g/mol. The first kappa shape index (κ1) is 13.3. The summed E-state index contributed by atoms with van der Waals surface area (Å²) in [4.78, 5) is 4.13. The predicted molar refractivity (Wildman–Crippen MR) is 72.5 cm³/mol. The molecule has 0 saturated carbocycles. The number of nitrogens with one attached hydrogen (secondary N) is 2. The van der Waals surface area contributed by atoms with Crippen LogP contribution in [0.4, 0.5) is 11.5 Å². The molecule has 0 unspecified atom stereocenters. The molecule has 0 saturated heterocycles. The van der Waals surface area contributed by atoms with Crippen molar-refractivity contribution in [2.24, 2.45) is 7.05 Å². The number of hydrogen-bond acceptors (Lipinski definition) is 5. The molecule has 2 N–H and O–H groups in total. The molecule has 0 spiro atoms. The number of aryl methyl sites for hydroxylation is 2. The van der Waals surface area contributed by atoms with Crippen molar-refractivity contribution in [2.75, 3.05) is 17.1 Å². The lowest BCUT2D eigenvalue weighted by Gasteiger charge is -2.07. The van der Waals surface area contributed by atoms with Crippen LogP contribution in [0.3, 0.4) is 0 Å². The number of sulfonamides is 1. The number of aromatic nitrogens is 3. The molecule has 0 amide bonds. The normalized spacial score (nSPS) is 11.3. The van der Waals surface area contributed by atoms with E-state index in [0.717, 1.165) is 0 Å². The average molecular weight is 281 g/mol. The fraction of sp³-hybridized carbons (Fsp3) is 0.273. The van der Waals surface area contributed by atoms with Gasteiger partial charge in [-0.25, -0.2) is 13.4 Å². The van der Waals surface area contributed by atoms with Gasteiger partial charge in [-0.05, 0) is 13.0 Å². The molecule has 0 atom stereocenters. The highest BCUT2D eigenvalue weighted by molar-refractivity contribution is 7.92. The zero-order valence-electron chi connectivity index (χ0n) is 10.9. The van der Waals surface area contributed by atoms with Crippen LogP contribution in [0.15, 0.2) is 29.4 Å². The molecule has 0 bridgehead atoms. The van der Waals surface area contributed by atoms with Crippen molar-refractivity contribution < 1.29 is 8.42 Å². The lowest BCUT2D eigenvalue weighted by Crippen LogP contribution is -2.13. The summed E-state index contributed by atoms with van der Waals surface area (Å²) in [5.41, 5.74) is 1.08. The Morgan fingerprint density at radius 1 is 1.37 bits per heavy atom. The van der Waals surface area contributed by atoms with E-state index in [9.17, 15) is 8.42 Å². The third kappa shape index (κ3) is 2.84. The van der Waals surface area contributed by atoms with Gasteiger partial charge >= 0.3 is 0 Å². The van der Waals surface area contributed by atoms with Crippen molar-refractivity contribution in [2.45, 2.75) is 11.8 Å². The molecule has 8 heteroatoms. The minimum absolute atomic E-state index is 0.148. The van der Waals surface area contributed by atoms with E-state index in [1.165, 1.54) is 18.3 Å². The van der Waals surface area contributed by atoms with Gasteiger partial charge in [0, 0.05) is 32.6 Å². The number of nitrogens with zero attached hydrogens (tertiary/aromatic N) is 3. The second-order valence-electron chi connectivity index (χ2n) is 4.03. The lowest BCUT2D eigenvalue weighted by atomic mass is 10.4. The first-order valence-electron chi connectivity index (χ1n) is 5.59. The zero-order valence-corrected chi connectivity index (χ0v) is 11.7. The van der Waals surface area contributed by atoms with Gasteiger partial charge in [-0.15, -0.1) is 0 Å². The Hall–Kier alpha value is -2.09. The smallest absolute Gasteiger partial charge is 0.262 e. The third-order valence-corrected chi connectivity index (χ3v) is 3.92. The Morgan fingerprint density at radius 3 is 2.68 bits per heavy atom. The Balaban J connectivity index is 2.34. The molecule has 2 heterocycles. The fourth-order valence-corrected chi connectivity index (χ4v) is 2.73. The second kappa shape index (κ2) is 4.88. The van der Waals surface area contributed by atoms with E-state index in [0.29, 0.717) is 17.2 Å². The van der Waals surface area contributed by atoms with Gasteiger partial charge in [0.2, 0.25) is 0 Å². The summed E-state index contributed by atoms with van der Waals surface area (Å²) in [6.45, 7) is 1.74. The van der Waals surface area contributed by atoms with E-state index < -0.39 is 10.0 Å². The molecule has 0 aliphatic heterocycles. The van der Waals surface area contributed by atoms with Crippen molar-refractivity contribution >= 4 is 21.5 Å². The number of rotatable bonds is 4. The molecular formula is C11H15N5O2S. The summed E-state index contributed by atoms with van der Waals surface area (Å²) in [6.07, 6.45) is 3.06. The van der Waals surface area contributed by atoms with Crippen LogP contribution in [-0.2, 0) is 17.1 Å². The number of anilines is 2. The SMILES string of the molecule is CNc1cc(S(=O)(=O)Nc2cn(C)nc2C)ccn1. The van der Waals surface area contributed by atoms with E-state index in [2.05, 4.69) is 20.1 Å². The van der Waals surface area contributed by atoms with Crippen molar-refractivity contribution in [3.05, 3.63) is 30.2 Å². The minimum atomic E-state index is -3.64. The topological polar surface area (TPSA) is 88.9 Å². The average Bonchev–Trinajstić information content (AvgIpc) is 2.67. The number of pyridine rings is 1. The van der Waals surface area contributed by atoms with Crippen molar-refractivity contribution in [3.8, 4) is 0 Å². The van der Waals surface area contributed by atoms with Crippen LogP contribution < -0.4 is 10.0 Å². The minimum Gasteiger partial charge on any atom is -0.373 e. The van der Waals surface area contributed by atoms with Gasteiger partial charge in [0.1, 0.15) is 5.82 Å². The summed E-state index contributed by atoms with van der Waals surface area (Å²) < 4.78 is 28.5. The Kier molecular flexibility index (Phi) is 3.43. The molecule has 2 aromatic heterocycles. The van der Waals surface area contributed by atoms with Crippen LogP contribution in [0.25, 0.3) is 0 Å². The first-order chi connectivity index (χ1) is 8.92. The van der Waals surface area contributed by atoms with Crippen LogP contribution >= 0.6 is 0 Å². The van der Waals surface area contributed by atoms with Crippen molar-refractivity contribution in [3.63, 3.8) is 0 Å². The van der Waals surface area contributed by atoms with Crippen LogP contribution in [0.2, 0.25) is 0 Å². The third-order valence-electron chi connectivity index (χ3n) is 2.56. The van der Waals surface area contributed by atoms with Gasteiger partial charge in [0.25, 0.3) is 10.0 Å². The summed E-state index contributed by atoms with van der Waals surface area (Å²) in [5.74, 6) is 0.491. The van der Waals surface area contributed by atoms with E-state index in [-0.39, 0.29) is 4.90 Å². The Morgan fingerprint density at radius 2 is 2.11 bits per heavy atom. The summed E-state index contributed by atoms with van der Waals surface area (Å²) in [7, 11) is -0.228. The van der Waals surface area contributed by atoms with E-state index in [1.54, 1.807) is 31.9 Å². The molecule has 2 rings (SSSR count). The maximum atomic E-state index is 12.2. The molecule has 0 radical (unpaired) electrons. The summed E-state index contributed by atoms with van der Waals surface area (Å²) in [5, 5.41) is 6.89. The van der Waals surface area contributed by atoms with Crippen LogP contribution in [-0.4, -0.2) is 30.2 Å². The van der Waals surface area contributed by atoms with Gasteiger partial charge in [0.15, 0.2) is 0 Å². The van der Waals surface area contributed by atoms with Gasteiger partial charge in [-0.1, -0.05) is 0 Å². The molecule has 7 nitrogen and oxygen atoms in total. The van der Waals surface area contributed by atoms with Crippen molar-refractivity contribution in [1.29, 1.82) is 0 Å². The van der Waals surface area contributed by atoms with Crippen LogP contribution in [0.1, 0.15) is 5.69 Å². The molecule has 0 aliphatic carbocycles. The molecule has 19 heavy (non-hydrogen) atoms. The molecule has 0 fully saturated rings. The first-order valence-corrected chi connectivity index (χ1v) is 7.07. The molecule has 2 aromatic rings. The highest BCUT2D eigenvalue weighted by Gasteiger charge is 2.17. The van der Waals surface area contributed by atoms with E-state index in [1.807, 2.05) is 0 Å².